The fourth-order valence-corrected chi connectivity index (χ4v) is 3.95. The molecule has 1 fully saturated rings. The Balaban J connectivity index is 2.13. The minimum absolute atomic E-state index is 0.0468. The van der Waals surface area contributed by atoms with Crippen LogP contribution in [0, 0.1) is 0 Å². The standard InChI is InChI=1S/C20H31ClN4O3/c1-5-14-11-25(15(6-2)10-24(14)12-20(3,4)28)19(27)23-13-7-8-16(18(22)26)17(21)9-13/h7-9,14-15,28H,5-6,10-12H2,1-4H3,(H2,22,26)(H,23,27). The maximum Gasteiger partial charge on any atom is 0.322 e. The summed E-state index contributed by atoms with van der Waals surface area (Å²) in [7, 11) is 0. The molecule has 4 N–H and O–H groups in total. The minimum atomic E-state index is -0.783. The van der Waals surface area contributed by atoms with Crippen LogP contribution in [0.4, 0.5) is 10.5 Å². The number of piperazine rings is 1. The third-order valence-electron chi connectivity index (χ3n) is 5.09. The van der Waals surface area contributed by atoms with Crippen LogP contribution in [0.25, 0.3) is 0 Å². The number of nitrogens with zero attached hydrogens (tertiary/aromatic N) is 2. The predicted octanol–water partition coefficient (Wildman–Crippen LogP) is 2.92. The fourth-order valence-electron chi connectivity index (χ4n) is 3.67. The number of nitrogens with two attached hydrogens (primary N) is 1. The molecule has 1 aromatic carbocycles. The Morgan fingerprint density at radius 2 is 1.89 bits per heavy atom. The number of benzene rings is 1. The number of urea groups is 1. The van der Waals surface area contributed by atoms with Crippen molar-refractivity contribution in [3.05, 3.63) is 28.8 Å². The van der Waals surface area contributed by atoms with Crippen molar-refractivity contribution in [3.8, 4) is 0 Å². The van der Waals surface area contributed by atoms with Gasteiger partial charge in [-0.15, -0.1) is 0 Å². The van der Waals surface area contributed by atoms with Gasteiger partial charge in [0.15, 0.2) is 0 Å². The Hall–Kier alpha value is -1.83. The number of carbonyl (C=O) groups excluding carboxylic acids is 2. The van der Waals surface area contributed by atoms with E-state index in [1.807, 2.05) is 4.90 Å². The van der Waals surface area contributed by atoms with E-state index in [2.05, 4.69) is 24.1 Å². The van der Waals surface area contributed by atoms with Crippen LogP contribution in [-0.2, 0) is 0 Å². The van der Waals surface area contributed by atoms with Crippen molar-refractivity contribution in [2.75, 3.05) is 25.0 Å². The van der Waals surface area contributed by atoms with Crippen LogP contribution < -0.4 is 11.1 Å². The van der Waals surface area contributed by atoms with Crippen molar-refractivity contribution in [2.24, 2.45) is 5.73 Å². The number of hydrogen-bond acceptors (Lipinski definition) is 4. The highest BCUT2D eigenvalue weighted by atomic mass is 35.5. The molecule has 0 saturated carbocycles. The van der Waals surface area contributed by atoms with E-state index >= 15 is 0 Å². The van der Waals surface area contributed by atoms with E-state index in [1.54, 1.807) is 19.9 Å². The number of β-amino-alcohol motifs (C(OH)–C–C–N with tert-alkyl or cyclic N) is 1. The SMILES string of the molecule is CCC1CN(C(=O)Nc2ccc(C(N)=O)c(Cl)c2)C(CC)CN1CC(C)(C)O. The first-order valence-corrected chi connectivity index (χ1v) is 10.1. The molecule has 0 aromatic heterocycles. The molecule has 156 valence electrons. The Kier molecular flexibility index (Phi) is 7.31. The van der Waals surface area contributed by atoms with Gasteiger partial charge in [-0.2, -0.15) is 0 Å². The zero-order chi connectivity index (χ0) is 21.1. The lowest BCUT2D eigenvalue weighted by atomic mass is 10.00. The van der Waals surface area contributed by atoms with Crippen molar-refractivity contribution in [3.63, 3.8) is 0 Å². The van der Waals surface area contributed by atoms with Gasteiger partial charge < -0.3 is 21.1 Å². The van der Waals surface area contributed by atoms with Gasteiger partial charge in [0.1, 0.15) is 0 Å². The fraction of sp³-hybridized carbons (Fsp3) is 0.600. The van der Waals surface area contributed by atoms with Gasteiger partial charge in [0.25, 0.3) is 0 Å². The summed E-state index contributed by atoms with van der Waals surface area (Å²) in [4.78, 5) is 28.4. The van der Waals surface area contributed by atoms with Gasteiger partial charge in [0.05, 0.1) is 16.2 Å². The van der Waals surface area contributed by atoms with E-state index < -0.39 is 11.5 Å². The lowest BCUT2D eigenvalue weighted by molar-refractivity contribution is -0.0173. The number of amides is 3. The van der Waals surface area contributed by atoms with E-state index in [4.69, 9.17) is 17.3 Å². The summed E-state index contributed by atoms with van der Waals surface area (Å²) in [5, 5.41) is 13.3. The second-order valence-corrected chi connectivity index (χ2v) is 8.41. The van der Waals surface area contributed by atoms with Crippen LogP contribution in [0.3, 0.4) is 0 Å². The minimum Gasteiger partial charge on any atom is -0.389 e. The van der Waals surface area contributed by atoms with Crippen molar-refractivity contribution in [1.29, 1.82) is 0 Å². The van der Waals surface area contributed by atoms with Crippen LogP contribution in [-0.4, -0.2) is 64.2 Å². The third-order valence-corrected chi connectivity index (χ3v) is 5.40. The molecule has 2 unspecified atom stereocenters. The zero-order valence-electron chi connectivity index (χ0n) is 17.0. The van der Waals surface area contributed by atoms with Crippen molar-refractivity contribution < 1.29 is 14.7 Å². The number of aliphatic hydroxyl groups is 1. The highest BCUT2D eigenvalue weighted by Crippen LogP contribution is 2.25. The average Bonchev–Trinajstić information content (AvgIpc) is 2.59. The van der Waals surface area contributed by atoms with Gasteiger partial charge in [-0.1, -0.05) is 25.4 Å². The van der Waals surface area contributed by atoms with Crippen LogP contribution in [0.1, 0.15) is 50.9 Å². The normalized spacial score (nSPS) is 20.9. The first-order valence-electron chi connectivity index (χ1n) is 9.69. The smallest absolute Gasteiger partial charge is 0.322 e. The molecular weight excluding hydrogens is 380 g/mol. The van der Waals surface area contributed by atoms with Gasteiger partial charge in [0.2, 0.25) is 5.91 Å². The van der Waals surface area contributed by atoms with Crippen molar-refractivity contribution >= 4 is 29.2 Å². The van der Waals surface area contributed by atoms with Gasteiger partial charge >= 0.3 is 6.03 Å². The number of halogens is 1. The first-order chi connectivity index (χ1) is 13.1. The summed E-state index contributed by atoms with van der Waals surface area (Å²) in [5.41, 5.74) is 5.22. The summed E-state index contributed by atoms with van der Waals surface area (Å²) >= 11 is 6.08. The first kappa shape index (κ1) is 22.5. The average molecular weight is 411 g/mol. The van der Waals surface area contributed by atoms with Crippen molar-refractivity contribution in [2.45, 2.75) is 58.2 Å². The Bertz CT molecular complexity index is 720. The number of anilines is 1. The molecular formula is C20H31ClN4O3. The predicted molar refractivity (Wildman–Crippen MR) is 112 cm³/mol. The van der Waals surface area contributed by atoms with Crippen LogP contribution in [0.5, 0.6) is 0 Å². The number of primary amides is 1. The van der Waals surface area contributed by atoms with Gasteiger partial charge in [-0.25, -0.2) is 4.79 Å². The number of rotatable bonds is 6. The summed E-state index contributed by atoms with van der Waals surface area (Å²) < 4.78 is 0. The zero-order valence-corrected chi connectivity index (χ0v) is 17.8. The molecule has 8 heteroatoms. The lowest BCUT2D eigenvalue weighted by Gasteiger charge is -2.47. The molecule has 28 heavy (non-hydrogen) atoms. The molecule has 2 rings (SSSR count). The van der Waals surface area contributed by atoms with Gasteiger partial charge in [0, 0.05) is 37.4 Å². The number of carbonyl (C=O) groups is 2. The molecule has 1 aliphatic heterocycles. The lowest BCUT2D eigenvalue weighted by Crippen LogP contribution is -2.62. The molecule has 1 aliphatic rings. The molecule has 0 bridgehead atoms. The molecule has 1 saturated heterocycles. The Labute approximate surface area is 171 Å². The van der Waals surface area contributed by atoms with Crippen LogP contribution in [0.15, 0.2) is 18.2 Å². The Morgan fingerprint density at radius 3 is 2.39 bits per heavy atom. The summed E-state index contributed by atoms with van der Waals surface area (Å²) in [6.45, 7) is 9.63. The topological polar surface area (TPSA) is 98.9 Å². The number of hydrogen-bond donors (Lipinski definition) is 3. The van der Waals surface area contributed by atoms with Crippen LogP contribution >= 0.6 is 11.6 Å². The molecule has 0 aliphatic carbocycles. The van der Waals surface area contributed by atoms with E-state index in [0.29, 0.717) is 25.3 Å². The maximum absolute atomic E-state index is 12.9. The van der Waals surface area contributed by atoms with Crippen LogP contribution in [0.2, 0.25) is 5.02 Å². The second kappa shape index (κ2) is 9.11. The summed E-state index contributed by atoms with van der Waals surface area (Å²) in [6.07, 6.45) is 1.70. The Morgan fingerprint density at radius 1 is 1.25 bits per heavy atom. The summed E-state index contributed by atoms with van der Waals surface area (Å²) in [6, 6.07) is 4.69. The summed E-state index contributed by atoms with van der Waals surface area (Å²) in [5.74, 6) is -0.609. The molecule has 7 nitrogen and oxygen atoms in total. The maximum atomic E-state index is 12.9. The van der Waals surface area contributed by atoms with E-state index in [9.17, 15) is 14.7 Å². The number of nitrogens with one attached hydrogen (secondary N) is 1. The second-order valence-electron chi connectivity index (χ2n) is 8.01. The monoisotopic (exact) mass is 410 g/mol. The quantitative estimate of drug-likeness (QED) is 0.671. The molecule has 3 amide bonds. The highest BCUT2D eigenvalue weighted by Gasteiger charge is 2.36. The van der Waals surface area contributed by atoms with Gasteiger partial charge in [-0.3, -0.25) is 9.69 Å². The molecule has 1 heterocycles. The highest BCUT2D eigenvalue weighted by molar-refractivity contribution is 6.34. The molecule has 0 spiro atoms. The molecule has 1 aromatic rings. The van der Waals surface area contributed by atoms with E-state index in [1.165, 1.54) is 12.1 Å². The van der Waals surface area contributed by atoms with E-state index in [-0.39, 0.29) is 28.7 Å². The van der Waals surface area contributed by atoms with Crippen molar-refractivity contribution in [1.82, 2.24) is 9.80 Å². The van der Waals surface area contributed by atoms with Gasteiger partial charge in [-0.05, 0) is 44.9 Å². The molecule has 0 radical (unpaired) electrons. The third kappa shape index (κ3) is 5.59. The van der Waals surface area contributed by atoms with E-state index in [0.717, 1.165) is 12.8 Å². The molecule has 2 atom stereocenters. The largest absolute Gasteiger partial charge is 0.389 e.